The van der Waals surface area contributed by atoms with E-state index in [4.69, 9.17) is 24.8 Å². The van der Waals surface area contributed by atoms with Crippen molar-refractivity contribution in [1.29, 1.82) is 0 Å². The minimum atomic E-state index is -0.611. The highest BCUT2D eigenvalue weighted by molar-refractivity contribution is 5.97. The summed E-state index contributed by atoms with van der Waals surface area (Å²) in [5.74, 6) is 0.972. The van der Waals surface area contributed by atoms with Crippen molar-refractivity contribution >= 4 is 5.84 Å². The van der Waals surface area contributed by atoms with Crippen molar-refractivity contribution in [2.75, 3.05) is 34.4 Å². The summed E-state index contributed by atoms with van der Waals surface area (Å²) < 4.78 is 17.5. The van der Waals surface area contributed by atoms with E-state index in [9.17, 15) is 0 Å². The number of hydroxylamine groups is 2. The zero-order chi connectivity index (χ0) is 16.8. The highest BCUT2D eigenvalue weighted by Crippen LogP contribution is 2.42. The largest absolute Gasteiger partial charge is 0.383 e. The van der Waals surface area contributed by atoms with Crippen molar-refractivity contribution in [2.24, 2.45) is 10.7 Å². The normalized spacial score (nSPS) is 37.8. The van der Waals surface area contributed by atoms with Gasteiger partial charge in [0, 0.05) is 33.0 Å². The van der Waals surface area contributed by atoms with Crippen LogP contribution in [0.3, 0.4) is 0 Å². The maximum absolute atomic E-state index is 6.37. The Labute approximate surface area is 136 Å². The van der Waals surface area contributed by atoms with E-state index in [1.165, 1.54) is 0 Å². The number of methoxy groups -OCH3 is 2. The van der Waals surface area contributed by atoms with Crippen molar-refractivity contribution in [2.45, 2.75) is 31.0 Å². The van der Waals surface area contributed by atoms with Crippen LogP contribution in [0.5, 0.6) is 0 Å². The molecule has 0 aromatic carbocycles. The SMILES string of the molecule is C=C1N=C(N)C(C)=CN1[C@@H]1O[C@@]2(COC)CN(C)OC1C2OC. The monoisotopic (exact) mass is 324 g/mol. The number of rotatable bonds is 4. The number of likely N-dealkylation sites (N-methyl/N-ethyl adjacent to an activating group) is 1. The standard InChI is InChI=1S/C15H24N4O4/c1-9-6-19(10(2)17-13(9)16)14-11-12(21-5)15(22-14,8-20-4)7-18(3)23-11/h6,11-12,14H,2,7-8H2,1,3-5H3,(H2,16,17)/t11?,12?,14-,15-/m1/s1. The molecule has 2 N–H and O–H groups in total. The zero-order valence-corrected chi connectivity index (χ0v) is 14.0. The summed E-state index contributed by atoms with van der Waals surface area (Å²) in [7, 11) is 5.18. The third-order valence-corrected chi connectivity index (χ3v) is 4.45. The van der Waals surface area contributed by atoms with E-state index in [0.29, 0.717) is 24.8 Å². The number of hydrogen-bond donors (Lipinski definition) is 1. The van der Waals surface area contributed by atoms with Crippen LogP contribution in [-0.4, -0.2) is 74.3 Å². The van der Waals surface area contributed by atoms with E-state index < -0.39 is 11.8 Å². The maximum Gasteiger partial charge on any atom is 0.167 e. The van der Waals surface area contributed by atoms with Crippen molar-refractivity contribution < 1.29 is 19.0 Å². The molecule has 0 aromatic heterocycles. The molecule has 0 aliphatic carbocycles. The van der Waals surface area contributed by atoms with Crippen molar-refractivity contribution in [3.8, 4) is 0 Å². The highest BCUT2D eigenvalue weighted by Gasteiger charge is 2.62. The molecule has 0 radical (unpaired) electrons. The lowest BCUT2D eigenvalue weighted by Gasteiger charge is -2.40. The minimum absolute atomic E-state index is 0.256. The zero-order valence-electron chi connectivity index (χ0n) is 14.0. The molecule has 8 heteroatoms. The number of nitrogens with zero attached hydrogens (tertiary/aromatic N) is 3. The van der Waals surface area contributed by atoms with Gasteiger partial charge in [0.15, 0.2) is 12.3 Å². The first-order valence-corrected chi connectivity index (χ1v) is 7.49. The van der Waals surface area contributed by atoms with E-state index in [-0.39, 0.29) is 12.2 Å². The quantitative estimate of drug-likeness (QED) is 0.781. The molecule has 2 saturated heterocycles. The van der Waals surface area contributed by atoms with Crippen LogP contribution in [0, 0.1) is 0 Å². The number of ether oxygens (including phenoxy) is 3. The molecule has 23 heavy (non-hydrogen) atoms. The average Bonchev–Trinajstić information content (AvgIpc) is 2.67. The molecular weight excluding hydrogens is 300 g/mol. The Kier molecular flexibility index (Phi) is 4.19. The molecule has 0 saturated carbocycles. The van der Waals surface area contributed by atoms with Crippen LogP contribution < -0.4 is 5.73 Å². The molecule has 4 atom stereocenters. The Morgan fingerprint density at radius 2 is 2.26 bits per heavy atom. The predicted octanol–water partition coefficient (Wildman–Crippen LogP) is 0.0363. The first-order chi connectivity index (χ1) is 10.9. The third kappa shape index (κ3) is 2.56. The molecule has 8 nitrogen and oxygen atoms in total. The van der Waals surface area contributed by atoms with Gasteiger partial charge in [0.1, 0.15) is 23.4 Å². The Hall–Kier alpha value is -1.45. The van der Waals surface area contributed by atoms with Crippen LogP contribution in [0.4, 0.5) is 0 Å². The number of nitrogens with two attached hydrogens (primary N) is 1. The van der Waals surface area contributed by atoms with Gasteiger partial charge in [0.2, 0.25) is 0 Å². The van der Waals surface area contributed by atoms with Gasteiger partial charge in [-0.3, -0.25) is 4.84 Å². The summed E-state index contributed by atoms with van der Waals surface area (Å²) in [5.41, 5.74) is 6.10. The second-order valence-electron chi connectivity index (χ2n) is 6.15. The number of fused-ring (bicyclic) bond motifs is 2. The Morgan fingerprint density at radius 1 is 1.52 bits per heavy atom. The molecule has 0 spiro atoms. The van der Waals surface area contributed by atoms with Crippen LogP contribution >= 0.6 is 0 Å². The molecule has 3 rings (SSSR count). The summed E-state index contributed by atoms with van der Waals surface area (Å²) >= 11 is 0. The Morgan fingerprint density at radius 3 is 2.91 bits per heavy atom. The fourth-order valence-corrected chi connectivity index (χ4v) is 3.50. The summed E-state index contributed by atoms with van der Waals surface area (Å²) in [6.45, 7) is 6.81. The van der Waals surface area contributed by atoms with E-state index in [2.05, 4.69) is 11.6 Å². The molecular formula is C15H24N4O4. The lowest BCUT2D eigenvalue weighted by Crippen LogP contribution is -2.60. The fourth-order valence-electron chi connectivity index (χ4n) is 3.50. The lowest BCUT2D eigenvalue weighted by molar-refractivity contribution is -0.263. The van der Waals surface area contributed by atoms with Gasteiger partial charge in [0.05, 0.1) is 13.2 Å². The van der Waals surface area contributed by atoms with Crippen LogP contribution in [0.2, 0.25) is 0 Å². The fraction of sp³-hybridized carbons (Fsp3) is 0.667. The van der Waals surface area contributed by atoms with Crippen molar-refractivity contribution in [1.82, 2.24) is 9.96 Å². The van der Waals surface area contributed by atoms with Gasteiger partial charge < -0.3 is 24.8 Å². The van der Waals surface area contributed by atoms with Gasteiger partial charge in [-0.1, -0.05) is 6.58 Å². The first kappa shape index (κ1) is 16.4. The summed E-state index contributed by atoms with van der Waals surface area (Å²) in [5, 5.41) is 1.76. The van der Waals surface area contributed by atoms with Gasteiger partial charge in [-0.15, -0.1) is 0 Å². The second-order valence-corrected chi connectivity index (χ2v) is 6.15. The topological polar surface area (TPSA) is 81.8 Å². The molecule has 3 aliphatic rings. The summed E-state index contributed by atoms with van der Waals surface area (Å²) in [6, 6.07) is 0. The predicted molar refractivity (Wildman–Crippen MR) is 84.1 cm³/mol. The number of hydrogen-bond acceptors (Lipinski definition) is 8. The van der Waals surface area contributed by atoms with Crippen molar-refractivity contribution in [3.05, 3.63) is 24.2 Å². The smallest absolute Gasteiger partial charge is 0.167 e. The molecule has 2 fully saturated rings. The molecule has 0 aromatic rings. The maximum atomic E-state index is 6.37. The Balaban J connectivity index is 1.94. The minimum Gasteiger partial charge on any atom is -0.383 e. The van der Waals surface area contributed by atoms with Crippen LogP contribution in [0.1, 0.15) is 6.92 Å². The van der Waals surface area contributed by atoms with Gasteiger partial charge in [0.25, 0.3) is 0 Å². The highest BCUT2D eigenvalue weighted by atomic mass is 16.7. The van der Waals surface area contributed by atoms with E-state index in [1.807, 2.05) is 25.1 Å². The molecule has 2 unspecified atom stereocenters. The first-order valence-electron chi connectivity index (χ1n) is 7.49. The third-order valence-electron chi connectivity index (χ3n) is 4.45. The number of amidine groups is 1. The molecule has 128 valence electrons. The van der Waals surface area contributed by atoms with E-state index in [1.54, 1.807) is 19.3 Å². The molecule has 0 amide bonds. The van der Waals surface area contributed by atoms with Gasteiger partial charge in [-0.25, -0.2) is 4.99 Å². The van der Waals surface area contributed by atoms with Crippen LogP contribution in [0.25, 0.3) is 0 Å². The van der Waals surface area contributed by atoms with Gasteiger partial charge >= 0.3 is 0 Å². The Bertz CT molecular complexity index is 564. The van der Waals surface area contributed by atoms with E-state index >= 15 is 0 Å². The van der Waals surface area contributed by atoms with Gasteiger partial charge in [-0.05, 0) is 6.92 Å². The van der Waals surface area contributed by atoms with Gasteiger partial charge in [-0.2, -0.15) is 5.06 Å². The summed E-state index contributed by atoms with van der Waals surface area (Å²) in [6.07, 6.45) is 0.879. The van der Waals surface area contributed by atoms with Crippen LogP contribution in [-0.2, 0) is 19.0 Å². The van der Waals surface area contributed by atoms with Crippen LogP contribution in [0.15, 0.2) is 29.2 Å². The van der Waals surface area contributed by atoms with Crippen molar-refractivity contribution in [3.63, 3.8) is 0 Å². The number of aliphatic imine (C=N–C) groups is 1. The lowest BCUT2D eigenvalue weighted by atomic mass is 9.94. The van der Waals surface area contributed by atoms with E-state index in [0.717, 1.165) is 5.57 Å². The molecule has 3 aliphatic heterocycles. The molecule has 2 bridgehead atoms. The summed E-state index contributed by atoms with van der Waals surface area (Å²) in [4.78, 5) is 12.1. The average molecular weight is 324 g/mol. The molecule has 3 heterocycles. The second kappa shape index (κ2) is 5.88.